The highest BCUT2D eigenvalue weighted by molar-refractivity contribution is 5.41. The molecule has 0 aliphatic heterocycles. The highest BCUT2D eigenvalue weighted by Crippen LogP contribution is 2.51. The summed E-state index contributed by atoms with van der Waals surface area (Å²) in [6.07, 6.45) is 13.8. The molecule has 3 aliphatic carbocycles. The maximum absolute atomic E-state index is 3.86. The lowest BCUT2D eigenvalue weighted by atomic mass is 9.87. The summed E-state index contributed by atoms with van der Waals surface area (Å²) >= 11 is 0. The van der Waals surface area contributed by atoms with E-state index in [2.05, 4.69) is 37.0 Å². The van der Waals surface area contributed by atoms with Crippen molar-refractivity contribution in [2.75, 3.05) is 0 Å². The van der Waals surface area contributed by atoms with Crippen LogP contribution in [0.2, 0.25) is 0 Å². The molecular weight excluding hydrogens is 144 g/mol. The molecule has 0 aromatic rings. The van der Waals surface area contributed by atoms with Gasteiger partial charge in [0.2, 0.25) is 0 Å². The zero-order valence-corrected chi connectivity index (χ0v) is 6.98. The Bertz CT molecular complexity index is 317. The Labute approximate surface area is 73.0 Å². The van der Waals surface area contributed by atoms with Gasteiger partial charge in [0.25, 0.3) is 0 Å². The summed E-state index contributed by atoms with van der Waals surface area (Å²) < 4.78 is 0. The van der Waals surface area contributed by atoms with E-state index in [0.29, 0.717) is 17.8 Å². The molecule has 4 atom stereocenters. The first-order valence-corrected chi connectivity index (χ1v) is 4.61. The Balaban J connectivity index is 2.10. The second-order valence-electron chi connectivity index (χ2n) is 3.90. The highest BCUT2D eigenvalue weighted by atomic mass is 14.5. The zero-order chi connectivity index (χ0) is 8.13. The Hall–Kier alpha value is -1.04. The quantitative estimate of drug-likeness (QED) is 0.512. The van der Waals surface area contributed by atoms with E-state index in [1.165, 1.54) is 5.57 Å². The van der Waals surface area contributed by atoms with E-state index >= 15 is 0 Å². The Morgan fingerprint density at radius 3 is 2.67 bits per heavy atom. The van der Waals surface area contributed by atoms with Crippen LogP contribution in [0.15, 0.2) is 48.6 Å². The topological polar surface area (TPSA) is 0 Å². The van der Waals surface area contributed by atoms with Crippen molar-refractivity contribution in [3.05, 3.63) is 48.6 Å². The molecule has 0 heteroatoms. The second-order valence-corrected chi connectivity index (χ2v) is 3.90. The first-order valence-electron chi connectivity index (χ1n) is 4.61. The van der Waals surface area contributed by atoms with Crippen molar-refractivity contribution in [1.29, 1.82) is 0 Å². The molecule has 0 saturated carbocycles. The van der Waals surface area contributed by atoms with Crippen LogP contribution in [-0.4, -0.2) is 0 Å². The lowest BCUT2D eigenvalue weighted by Gasteiger charge is -2.15. The molecule has 60 valence electrons. The molecule has 0 radical (unpaired) electrons. The zero-order valence-electron chi connectivity index (χ0n) is 6.98. The van der Waals surface area contributed by atoms with Crippen LogP contribution in [0.1, 0.15) is 0 Å². The van der Waals surface area contributed by atoms with Crippen LogP contribution in [0, 0.1) is 23.7 Å². The van der Waals surface area contributed by atoms with Crippen LogP contribution in [0.3, 0.4) is 0 Å². The fourth-order valence-electron chi connectivity index (χ4n) is 2.85. The molecule has 3 rings (SSSR count). The molecule has 0 fully saturated rings. The van der Waals surface area contributed by atoms with Crippen molar-refractivity contribution in [3.8, 4) is 0 Å². The Morgan fingerprint density at radius 1 is 1.08 bits per heavy atom. The van der Waals surface area contributed by atoms with Gasteiger partial charge in [-0.25, -0.2) is 0 Å². The molecule has 0 amide bonds. The molecule has 0 saturated heterocycles. The van der Waals surface area contributed by atoms with E-state index < -0.39 is 0 Å². The lowest BCUT2D eigenvalue weighted by molar-refractivity contribution is 0.414. The van der Waals surface area contributed by atoms with Crippen molar-refractivity contribution in [2.45, 2.75) is 0 Å². The summed E-state index contributed by atoms with van der Waals surface area (Å²) in [7, 11) is 0. The van der Waals surface area contributed by atoms with Crippen LogP contribution >= 0.6 is 0 Å². The number of hydrogen-bond donors (Lipinski definition) is 0. The fourth-order valence-corrected chi connectivity index (χ4v) is 2.85. The predicted octanol–water partition coefficient (Wildman–Crippen LogP) is 2.72. The Morgan fingerprint density at radius 2 is 1.83 bits per heavy atom. The largest absolute Gasteiger partial charge is 0.0988 e. The molecular formula is C12H12. The van der Waals surface area contributed by atoms with E-state index in [4.69, 9.17) is 0 Å². The van der Waals surface area contributed by atoms with Gasteiger partial charge >= 0.3 is 0 Å². The number of rotatable bonds is 1. The SMILES string of the molecule is C=CC1=C[C@@H]2C=C[C@@H]3C=C[C@H]1[C@@H]32. The summed E-state index contributed by atoms with van der Waals surface area (Å²) in [5, 5.41) is 0. The van der Waals surface area contributed by atoms with Gasteiger partial charge in [-0.3, -0.25) is 0 Å². The summed E-state index contributed by atoms with van der Waals surface area (Å²) in [5.41, 5.74) is 1.44. The minimum atomic E-state index is 0.674. The maximum Gasteiger partial charge on any atom is 0.00605 e. The van der Waals surface area contributed by atoms with E-state index in [1.807, 2.05) is 6.08 Å². The monoisotopic (exact) mass is 156 g/mol. The maximum atomic E-state index is 3.86. The minimum Gasteiger partial charge on any atom is -0.0988 e. The third-order valence-corrected chi connectivity index (χ3v) is 3.41. The summed E-state index contributed by atoms with van der Waals surface area (Å²) in [6, 6.07) is 0. The van der Waals surface area contributed by atoms with Gasteiger partial charge in [-0.1, -0.05) is 43.0 Å². The van der Waals surface area contributed by atoms with E-state index in [9.17, 15) is 0 Å². The van der Waals surface area contributed by atoms with Crippen LogP contribution < -0.4 is 0 Å². The molecule has 0 bridgehead atoms. The average molecular weight is 156 g/mol. The first-order chi connectivity index (χ1) is 5.90. The highest BCUT2D eigenvalue weighted by Gasteiger charge is 2.42. The second kappa shape index (κ2) is 2.01. The molecule has 0 nitrogen and oxygen atoms in total. The standard InChI is InChI=1S/C12H12/c1-2-8-7-10-4-3-9-5-6-11(8)12(9)10/h2-7,9-12H,1H2/t9-,10+,11-,12+/m1/s1. The predicted molar refractivity (Wildman–Crippen MR) is 50.5 cm³/mol. The molecule has 0 N–H and O–H groups in total. The van der Waals surface area contributed by atoms with Crippen LogP contribution in [0.4, 0.5) is 0 Å². The van der Waals surface area contributed by atoms with Crippen LogP contribution in [0.5, 0.6) is 0 Å². The van der Waals surface area contributed by atoms with E-state index in [-0.39, 0.29) is 0 Å². The van der Waals surface area contributed by atoms with Crippen molar-refractivity contribution in [2.24, 2.45) is 23.7 Å². The van der Waals surface area contributed by atoms with Gasteiger partial charge in [0, 0.05) is 5.92 Å². The first kappa shape index (κ1) is 6.47. The average Bonchev–Trinajstić information content (AvgIpc) is 2.72. The van der Waals surface area contributed by atoms with Gasteiger partial charge in [-0.05, 0) is 23.3 Å². The minimum absolute atomic E-state index is 0.674. The molecule has 0 heterocycles. The molecule has 0 aromatic heterocycles. The fraction of sp³-hybridized carbons (Fsp3) is 0.333. The third kappa shape index (κ3) is 0.592. The normalized spacial score (nSPS) is 46.5. The molecule has 0 unspecified atom stereocenters. The van der Waals surface area contributed by atoms with Crippen LogP contribution in [0.25, 0.3) is 0 Å². The molecule has 0 aromatic carbocycles. The van der Waals surface area contributed by atoms with Gasteiger partial charge in [-0.2, -0.15) is 0 Å². The van der Waals surface area contributed by atoms with Gasteiger partial charge in [-0.15, -0.1) is 0 Å². The van der Waals surface area contributed by atoms with Crippen molar-refractivity contribution < 1.29 is 0 Å². The smallest absolute Gasteiger partial charge is 0.00605 e. The van der Waals surface area contributed by atoms with Gasteiger partial charge in [0.15, 0.2) is 0 Å². The Kier molecular flexibility index (Phi) is 1.08. The number of hydrogen-bond acceptors (Lipinski definition) is 0. The molecule has 0 spiro atoms. The summed E-state index contributed by atoms with van der Waals surface area (Å²) in [6.45, 7) is 3.86. The van der Waals surface area contributed by atoms with Gasteiger partial charge in [0.1, 0.15) is 0 Å². The summed E-state index contributed by atoms with van der Waals surface area (Å²) in [4.78, 5) is 0. The molecule has 12 heavy (non-hydrogen) atoms. The lowest BCUT2D eigenvalue weighted by Crippen LogP contribution is -2.12. The van der Waals surface area contributed by atoms with Crippen LogP contribution in [-0.2, 0) is 0 Å². The van der Waals surface area contributed by atoms with Crippen molar-refractivity contribution in [3.63, 3.8) is 0 Å². The third-order valence-electron chi connectivity index (χ3n) is 3.41. The van der Waals surface area contributed by atoms with Crippen molar-refractivity contribution >= 4 is 0 Å². The van der Waals surface area contributed by atoms with E-state index in [0.717, 1.165) is 5.92 Å². The number of allylic oxidation sites excluding steroid dienone is 7. The van der Waals surface area contributed by atoms with E-state index in [1.54, 1.807) is 0 Å². The van der Waals surface area contributed by atoms with Gasteiger partial charge < -0.3 is 0 Å². The summed E-state index contributed by atoms with van der Waals surface area (Å²) in [5.74, 6) is 2.90. The van der Waals surface area contributed by atoms with Crippen molar-refractivity contribution in [1.82, 2.24) is 0 Å². The van der Waals surface area contributed by atoms with Gasteiger partial charge in [0.05, 0.1) is 0 Å². The molecule has 3 aliphatic rings.